The monoisotopic (exact) mass is 214 g/mol. The number of nitrogens with two attached hydrogens (primary N) is 2. The van der Waals surface area contributed by atoms with Crippen LogP contribution in [0.25, 0.3) is 0 Å². The smallest absolute Gasteiger partial charge is 0.185 e. The molecule has 0 fully saturated rings. The van der Waals surface area contributed by atoms with Gasteiger partial charge in [0.05, 0.1) is 6.04 Å². The molecular formula is C10H22N4O. The molecule has 0 aliphatic heterocycles. The van der Waals surface area contributed by atoms with Gasteiger partial charge >= 0.3 is 0 Å². The van der Waals surface area contributed by atoms with Gasteiger partial charge in [0.15, 0.2) is 5.96 Å². The highest BCUT2D eigenvalue weighted by atomic mass is 16.1. The van der Waals surface area contributed by atoms with Crippen LogP contribution in [0.5, 0.6) is 0 Å². The number of aliphatic imine (C=N–C) groups is 1. The summed E-state index contributed by atoms with van der Waals surface area (Å²) in [6, 6.07) is -0.0470. The molecule has 0 radical (unpaired) electrons. The minimum absolute atomic E-state index is 0.0470. The number of guanidine groups is 1. The molecule has 0 aromatic heterocycles. The first-order chi connectivity index (χ1) is 7.11. The van der Waals surface area contributed by atoms with Gasteiger partial charge in [-0.15, -0.1) is 0 Å². The molecule has 0 aliphatic rings. The van der Waals surface area contributed by atoms with Crippen molar-refractivity contribution >= 4 is 11.7 Å². The van der Waals surface area contributed by atoms with Crippen molar-refractivity contribution in [3.05, 3.63) is 0 Å². The van der Waals surface area contributed by atoms with Crippen LogP contribution in [-0.2, 0) is 4.79 Å². The van der Waals surface area contributed by atoms with Crippen molar-refractivity contribution in [2.45, 2.75) is 39.2 Å². The largest absolute Gasteiger partial charge is 0.370 e. The van der Waals surface area contributed by atoms with Crippen molar-refractivity contribution in [1.29, 1.82) is 0 Å². The van der Waals surface area contributed by atoms with Crippen LogP contribution < -0.4 is 16.8 Å². The summed E-state index contributed by atoms with van der Waals surface area (Å²) in [5.41, 5.74) is 10.4. The number of ketones is 1. The molecule has 0 spiro atoms. The first-order valence-electron chi connectivity index (χ1n) is 5.43. The van der Waals surface area contributed by atoms with E-state index in [1.807, 2.05) is 13.8 Å². The van der Waals surface area contributed by atoms with Gasteiger partial charge in [-0.25, -0.2) is 0 Å². The maximum Gasteiger partial charge on any atom is 0.185 e. The molecule has 5 heteroatoms. The van der Waals surface area contributed by atoms with Crippen LogP contribution in [0.1, 0.15) is 33.1 Å². The average molecular weight is 214 g/mol. The van der Waals surface area contributed by atoms with E-state index >= 15 is 0 Å². The molecular weight excluding hydrogens is 192 g/mol. The summed E-state index contributed by atoms with van der Waals surface area (Å²) in [6.45, 7) is 5.26. The zero-order valence-electron chi connectivity index (χ0n) is 9.62. The van der Waals surface area contributed by atoms with Gasteiger partial charge in [0, 0.05) is 13.0 Å². The number of hydrogen-bond acceptors (Lipinski definition) is 3. The number of carbonyl (C=O) groups is 1. The first-order valence-corrected chi connectivity index (χ1v) is 5.43. The molecule has 0 aromatic rings. The number of hydrogen-bond donors (Lipinski definition) is 3. The van der Waals surface area contributed by atoms with Crippen LogP contribution in [0.15, 0.2) is 4.99 Å². The minimum Gasteiger partial charge on any atom is -0.370 e. The standard InChI is InChI=1S/C10H22N4O/c1-3-9(15)8(13-4-2)6-5-7-14-10(11)12/h8,13H,3-7H2,1-2H3,(H4,11,12,14)/t8-/m0/s1. The fraction of sp³-hybridized carbons (Fsp3) is 0.800. The minimum atomic E-state index is -0.0470. The second-order valence-electron chi connectivity index (χ2n) is 3.38. The van der Waals surface area contributed by atoms with Gasteiger partial charge in [0.1, 0.15) is 5.78 Å². The summed E-state index contributed by atoms with van der Waals surface area (Å²) in [7, 11) is 0. The van der Waals surface area contributed by atoms with Crippen LogP contribution in [-0.4, -0.2) is 30.9 Å². The molecule has 5 N–H and O–H groups in total. The van der Waals surface area contributed by atoms with Crippen molar-refractivity contribution < 1.29 is 4.79 Å². The van der Waals surface area contributed by atoms with Crippen molar-refractivity contribution in [2.75, 3.05) is 13.1 Å². The summed E-state index contributed by atoms with van der Waals surface area (Å²) in [4.78, 5) is 15.4. The third-order valence-corrected chi connectivity index (χ3v) is 2.13. The summed E-state index contributed by atoms with van der Waals surface area (Å²) in [5, 5.41) is 3.16. The third-order valence-electron chi connectivity index (χ3n) is 2.13. The van der Waals surface area contributed by atoms with E-state index in [1.165, 1.54) is 0 Å². The van der Waals surface area contributed by atoms with Gasteiger partial charge in [-0.2, -0.15) is 0 Å². The number of Topliss-reactive ketones (excluding diaryl/α,β-unsaturated/α-hetero) is 1. The highest BCUT2D eigenvalue weighted by molar-refractivity contribution is 5.83. The fourth-order valence-corrected chi connectivity index (χ4v) is 1.37. The van der Waals surface area contributed by atoms with Gasteiger partial charge < -0.3 is 16.8 Å². The summed E-state index contributed by atoms with van der Waals surface area (Å²) in [5.74, 6) is 0.360. The summed E-state index contributed by atoms with van der Waals surface area (Å²) >= 11 is 0. The van der Waals surface area contributed by atoms with Crippen LogP contribution >= 0.6 is 0 Å². The summed E-state index contributed by atoms with van der Waals surface area (Å²) in [6.07, 6.45) is 2.18. The number of nitrogens with zero attached hydrogens (tertiary/aromatic N) is 1. The molecule has 5 nitrogen and oxygen atoms in total. The Morgan fingerprint density at radius 1 is 1.40 bits per heavy atom. The normalized spacial score (nSPS) is 12.1. The molecule has 88 valence electrons. The molecule has 0 bridgehead atoms. The van der Waals surface area contributed by atoms with E-state index in [1.54, 1.807) is 0 Å². The van der Waals surface area contributed by atoms with E-state index < -0.39 is 0 Å². The van der Waals surface area contributed by atoms with E-state index in [4.69, 9.17) is 11.5 Å². The second-order valence-corrected chi connectivity index (χ2v) is 3.38. The molecule has 0 saturated heterocycles. The lowest BCUT2D eigenvalue weighted by atomic mass is 10.1. The Hall–Kier alpha value is -1.10. The van der Waals surface area contributed by atoms with Gasteiger partial charge in [0.25, 0.3) is 0 Å². The molecule has 15 heavy (non-hydrogen) atoms. The number of rotatable bonds is 8. The predicted molar refractivity (Wildman–Crippen MR) is 62.7 cm³/mol. The average Bonchev–Trinajstić information content (AvgIpc) is 2.21. The third kappa shape index (κ3) is 6.90. The Bertz CT molecular complexity index is 211. The Balaban J connectivity index is 3.86. The van der Waals surface area contributed by atoms with E-state index in [9.17, 15) is 4.79 Å². The molecule has 0 amide bonds. The molecule has 0 aromatic carbocycles. The van der Waals surface area contributed by atoms with Crippen LogP contribution in [0, 0.1) is 0 Å². The van der Waals surface area contributed by atoms with Gasteiger partial charge in [-0.05, 0) is 19.4 Å². The lowest BCUT2D eigenvalue weighted by Crippen LogP contribution is -2.36. The predicted octanol–water partition coefficient (Wildman–Crippen LogP) is -0.00280. The van der Waals surface area contributed by atoms with Gasteiger partial charge in [-0.3, -0.25) is 9.79 Å². The molecule has 0 saturated carbocycles. The lowest BCUT2D eigenvalue weighted by Gasteiger charge is -2.14. The highest BCUT2D eigenvalue weighted by Gasteiger charge is 2.13. The van der Waals surface area contributed by atoms with E-state index in [-0.39, 0.29) is 17.8 Å². The van der Waals surface area contributed by atoms with Crippen LogP contribution in [0.4, 0.5) is 0 Å². The quantitative estimate of drug-likeness (QED) is 0.301. The van der Waals surface area contributed by atoms with Crippen molar-refractivity contribution in [3.63, 3.8) is 0 Å². The topological polar surface area (TPSA) is 93.5 Å². The zero-order chi connectivity index (χ0) is 11.7. The van der Waals surface area contributed by atoms with E-state index in [0.717, 1.165) is 19.4 Å². The summed E-state index contributed by atoms with van der Waals surface area (Å²) < 4.78 is 0. The molecule has 0 heterocycles. The van der Waals surface area contributed by atoms with Crippen molar-refractivity contribution in [3.8, 4) is 0 Å². The molecule has 0 rings (SSSR count). The fourth-order valence-electron chi connectivity index (χ4n) is 1.37. The first kappa shape index (κ1) is 13.9. The number of nitrogens with one attached hydrogen (secondary N) is 1. The zero-order valence-corrected chi connectivity index (χ0v) is 9.62. The maximum absolute atomic E-state index is 11.5. The molecule has 1 atom stereocenters. The SMILES string of the molecule is CCN[C@@H](CCCN=C(N)N)C(=O)CC. The second kappa shape index (κ2) is 8.23. The Morgan fingerprint density at radius 3 is 2.53 bits per heavy atom. The molecule has 0 unspecified atom stereocenters. The van der Waals surface area contributed by atoms with E-state index in [0.29, 0.717) is 13.0 Å². The Labute approximate surface area is 91.3 Å². The highest BCUT2D eigenvalue weighted by Crippen LogP contribution is 2.01. The van der Waals surface area contributed by atoms with Gasteiger partial charge in [0.2, 0.25) is 0 Å². The van der Waals surface area contributed by atoms with Gasteiger partial charge in [-0.1, -0.05) is 13.8 Å². The van der Waals surface area contributed by atoms with Crippen LogP contribution in [0.3, 0.4) is 0 Å². The van der Waals surface area contributed by atoms with Crippen molar-refractivity contribution in [1.82, 2.24) is 5.32 Å². The molecule has 0 aliphatic carbocycles. The Morgan fingerprint density at radius 2 is 2.07 bits per heavy atom. The Kier molecular flexibility index (Phi) is 7.62. The lowest BCUT2D eigenvalue weighted by molar-refractivity contribution is -0.120. The van der Waals surface area contributed by atoms with E-state index in [2.05, 4.69) is 10.3 Å². The van der Waals surface area contributed by atoms with Crippen LogP contribution in [0.2, 0.25) is 0 Å². The maximum atomic E-state index is 11.5. The van der Waals surface area contributed by atoms with Crippen molar-refractivity contribution in [2.24, 2.45) is 16.5 Å². The number of likely N-dealkylation sites (N-methyl/N-ethyl adjacent to an activating group) is 1. The number of carbonyl (C=O) groups excluding carboxylic acids is 1.